The normalized spacial score (nSPS) is 19.5. The predicted molar refractivity (Wildman–Crippen MR) is 116 cm³/mol. The van der Waals surface area contributed by atoms with Gasteiger partial charge in [-0.1, -0.05) is 42.5 Å². The average Bonchev–Trinajstić information content (AvgIpc) is 2.77. The average molecular weight is 413 g/mol. The van der Waals surface area contributed by atoms with Crippen LogP contribution in [0.3, 0.4) is 0 Å². The van der Waals surface area contributed by atoms with Crippen LogP contribution >= 0.6 is 0 Å². The first kappa shape index (κ1) is 21.8. The standard InChI is InChI=1S/C23H30N4O3/c1-3-30-20-12-8-7-11-19(20)25-23(29)22(18-9-5-4-6-10-18)27-15-13-26(14-16-27)17-21(28)24-2/h4-12,22H,3,13-17H2,1-2H3,(H,24,28)(H,25,29)/p+2/t22-/m1/s1. The number of carbonyl (C=O) groups is 2. The number of ether oxygens (including phenoxy) is 1. The minimum Gasteiger partial charge on any atom is -0.492 e. The van der Waals surface area contributed by atoms with E-state index in [1.807, 2.05) is 61.5 Å². The summed E-state index contributed by atoms with van der Waals surface area (Å²) in [4.78, 5) is 27.6. The van der Waals surface area contributed by atoms with Gasteiger partial charge in [0.1, 0.15) is 31.9 Å². The fourth-order valence-corrected chi connectivity index (χ4v) is 3.98. The molecule has 2 aromatic rings. The second kappa shape index (κ2) is 10.8. The third-order valence-corrected chi connectivity index (χ3v) is 5.54. The second-order valence-electron chi connectivity index (χ2n) is 7.52. The summed E-state index contributed by atoms with van der Waals surface area (Å²) in [6.45, 7) is 6.31. The van der Waals surface area contributed by atoms with Crippen molar-refractivity contribution in [1.82, 2.24) is 5.32 Å². The van der Waals surface area contributed by atoms with E-state index in [4.69, 9.17) is 4.74 Å². The first-order valence-corrected chi connectivity index (χ1v) is 10.6. The van der Waals surface area contributed by atoms with Crippen LogP contribution in [0.4, 0.5) is 5.69 Å². The summed E-state index contributed by atoms with van der Waals surface area (Å²) in [6, 6.07) is 17.1. The molecule has 160 valence electrons. The summed E-state index contributed by atoms with van der Waals surface area (Å²) in [5.74, 6) is 0.687. The fraction of sp³-hybridized carbons (Fsp3) is 0.391. The Labute approximate surface area is 178 Å². The van der Waals surface area contributed by atoms with Crippen molar-refractivity contribution in [2.75, 3.05) is 51.7 Å². The number of likely N-dealkylation sites (N-methyl/N-ethyl adjacent to an activating group) is 1. The van der Waals surface area contributed by atoms with E-state index in [1.54, 1.807) is 7.05 Å². The van der Waals surface area contributed by atoms with Crippen LogP contribution in [-0.4, -0.2) is 58.2 Å². The molecule has 2 aromatic carbocycles. The van der Waals surface area contributed by atoms with Crippen LogP contribution in [-0.2, 0) is 9.59 Å². The van der Waals surface area contributed by atoms with E-state index in [2.05, 4.69) is 10.6 Å². The van der Waals surface area contributed by atoms with Gasteiger partial charge in [-0.15, -0.1) is 0 Å². The molecule has 30 heavy (non-hydrogen) atoms. The lowest BCUT2D eigenvalue weighted by Crippen LogP contribution is -3.28. The highest BCUT2D eigenvalue weighted by molar-refractivity contribution is 5.95. The van der Waals surface area contributed by atoms with Gasteiger partial charge in [-0.05, 0) is 19.1 Å². The molecule has 0 spiro atoms. The van der Waals surface area contributed by atoms with Gasteiger partial charge in [-0.2, -0.15) is 0 Å². The molecule has 7 heteroatoms. The molecule has 0 aliphatic carbocycles. The summed E-state index contributed by atoms with van der Waals surface area (Å²) in [5, 5.41) is 5.78. The van der Waals surface area contributed by atoms with Crippen molar-refractivity contribution in [3.8, 4) is 5.75 Å². The Morgan fingerprint density at radius 2 is 1.67 bits per heavy atom. The van der Waals surface area contributed by atoms with Gasteiger partial charge in [0.05, 0.1) is 12.3 Å². The first-order valence-electron chi connectivity index (χ1n) is 10.6. The molecule has 1 atom stereocenters. The summed E-state index contributed by atoms with van der Waals surface area (Å²) < 4.78 is 5.67. The number of piperazine rings is 1. The number of hydrogen-bond donors (Lipinski definition) is 4. The van der Waals surface area contributed by atoms with Crippen molar-refractivity contribution in [2.45, 2.75) is 13.0 Å². The van der Waals surface area contributed by atoms with E-state index in [-0.39, 0.29) is 17.9 Å². The van der Waals surface area contributed by atoms with E-state index in [9.17, 15) is 9.59 Å². The molecule has 7 nitrogen and oxygen atoms in total. The minimum absolute atomic E-state index is 0.0434. The van der Waals surface area contributed by atoms with E-state index in [0.29, 0.717) is 24.6 Å². The number of para-hydroxylation sites is 2. The van der Waals surface area contributed by atoms with E-state index in [1.165, 1.54) is 9.80 Å². The zero-order chi connectivity index (χ0) is 21.3. The van der Waals surface area contributed by atoms with Crippen LogP contribution in [0.1, 0.15) is 18.5 Å². The topological polar surface area (TPSA) is 76.3 Å². The fourth-order valence-electron chi connectivity index (χ4n) is 3.98. The van der Waals surface area contributed by atoms with Crippen LogP contribution in [0.2, 0.25) is 0 Å². The summed E-state index contributed by atoms with van der Waals surface area (Å²) in [5.41, 5.74) is 1.68. The number of anilines is 1. The Kier molecular flexibility index (Phi) is 7.82. The number of benzene rings is 2. The molecule has 0 radical (unpaired) electrons. The maximum absolute atomic E-state index is 13.4. The van der Waals surface area contributed by atoms with Crippen molar-refractivity contribution >= 4 is 17.5 Å². The van der Waals surface area contributed by atoms with Crippen LogP contribution in [0.15, 0.2) is 54.6 Å². The molecule has 0 unspecified atom stereocenters. The molecule has 1 saturated heterocycles. The molecule has 1 aliphatic rings. The summed E-state index contributed by atoms with van der Waals surface area (Å²) in [6.07, 6.45) is 0. The molecular weight excluding hydrogens is 380 g/mol. The number of rotatable bonds is 8. The SMILES string of the molecule is CCOc1ccccc1NC(=O)[C@@H](c1ccccc1)[NH+]1CC[NH+](CC(=O)NC)CC1. The van der Waals surface area contributed by atoms with Crippen molar-refractivity contribution in [3.63, 3.8) is 0 Å². The number of hydrogen-bond acceptors (Lipinski definition) is 3. The molecule has 1 aliphatic heterocycles. The minimum atomic E-state index is -0.317. The molecule has 1 heterocycles. The second-order valence-corrected chi connectivity index (χ2v) is 7.52. The Balaban J connectivity index is 1.76. The molecule has 0 bridgehead atoms. The van der Waals surface area contributed by atoms with Crippen LogP contribution in [0, 0.1) is 0 Å². The van der Waals surface area contributed by atoms with Crippen molar-refractivity contribution in [1.29, 1.82) is 0 Å². The Morgan fingerprint density at radius 1 is 1.00 bits per heavy atom. The number of amides is 2. The highest BCUT2D eigenvalue weighted by Crippen LogP contribution is 2.25. The molecule has 1 fully saturated rings. The lowest BCUT2D eigenvalue weighted by Gasteiger charge is -2.34. The quantitative estimate of drug-likeness (QED) is 0.463. The number of nitrogens with one attached hydrogen (secondary N) is 4. The Morgan fingerprint density at radius 3 is 2.33 bits per heavy atom. The first-order chi connectivity index (χ1) is 14.6. The van der Waals surface area contributed by atoms with Gasteiger partial charge >= 0.3 is 0 Å². The molecule has 4 N–H and O–H groups in total. The molecule has 2 amide bonds. The van der Waals surface area contributed by atoms with Gasteiger partial charge in [-0.25, -0.2) is 0 Å². The number of carbonyl (C=O) groups excluding carboxylic acids is 2. The van der Waals surface area contributed by atoms with Crippen LogP contribution in [0.25, 0.3) is 0 Å². The molecule has 0 aromatic heterocycles. The molecule has 3 rings (SSSR count). The monoisotopic (exact) mass is 412 g/mol. The largest absolute Gasteiger partial charge is 0.492 e. The Bertz CT molecular complexity index is 835. The summed E-state index contributed by atoms with van der Waals surface area (Å²) in [7, 11) is 1.67. The van der Waals surface area contributed by atoms with Crippen molar-refractivity contribution in [2.24, 2.45) is 0 Å². The molecule has 0 saturated carbocycles. The van der Waals surface area contributed by atoms with E-state index >= 15 is 0 Å². The van der Waals surface area contributed by atoms with E-state index < -0.39 is 0 Å². The van der Waals surface area contributed by atoms with Crippen molar-refractivity contribution in [3.05, 3.63) is 60.2 Å². The lowest BCUT2D eigenvalue weighted by molar-refractivity contribution is -1.02. The highest BCUT2D eigenvalue weighted by Gasteiger charge is 2.36. The third-order valence-electron chi connectivity index (χ3n) is 5.54. The lowest BCUT2D eigenvalue weighted by atomic mass is 10.0. The maximum atomic E-state index is 13.4. The smallest absolute Gasteiger partial charge is 0.287 e. The zero-order valence-electron chi connectivity index (χ0n) is 17.7. The van der Waals surface area contributed by atoms with Gasteiger partial charge in [0, 0.05) is 12.6 Å². The van der Waals surface area contributed by atoms with E-state index in [0.717, 1.165) is 31.7 Å². The highest BCUT2D eigenvalue weighted by atomic mass is 16.5. The van der Waals surface area contributed by atoms with Gasteiger partial charge in [-0.3, -0.25) is 9.59 Å². The Hall–Kier alpha value is -2.90. The van der Waals surface area contributed by atoms with Crippen molar-refractivity contribution < 1.29 is 24.1 Å². The zero-order valence-corrected chi connectivity index (χ0v) is 17.7. The van der Waals surface area contributed by atoms with Gasteiger partial charge in [0.2, 0.25) is 0 Å². The number of quaternary nitrogens is 2. The molecular formula is C23H32N4O3+2. The predicted octanol–water partition coefficient (Wildman–Crippen LogP) is -0.705. The van der Waals surface area contributed by atoms with Crippen LogP contribution < -0.4 is 25.2 Å². The van der Waals surface area contributed by atoms with Crippen LogP contribution in [0.5, 0.6) is 5.75 Å². The van der Waals surface area contributed by atoms with Gasteiger partial charge in [0.25, 0.3) is 11.8 Å². The maximum Gasteiger partial charge on any atom is 0.287 e. The van der Waals surface area contributed by atoms with Gasteiger partial charge in [0.15, 0.2) is 12.6 Å². The summed E-state index contributed by atoms with van der Waals surface area (Å²) >= 11 is 0. The third kappa shape index (κ3) is 5.58. The van der Waals surface area contributed by atoms with Gasteiger partial charge < -0.3 is 25.2 Å².